The average Bonchev–Trinajstić information content (AvgIpc) is 3.13. The monoisotopic (exact) mass is 464 g/mol. The molecule has 0 fully saturated rings. The van der Waals surface area contributed by atoms with E-state index in [9.17, 15) is 9.59 Å². The lowest BCUT2D eigenvalue weighted by Gasteiger charge is -2.24. The zero-order chi connectivity index (χ0) is 23.5. The highest BCUT2D eigenvalue weighted by molar-refractivity contribution is 7.07. The van der Waals surface area contributed by atoms with Crippen molar-refractivity contribution in [2.45, 2.75) is 19.9 Å². The van der Waals surface area contributed by atoms with Gasteiger partial charge in [-0.25, -0.2) is 9.79 Å². The third kappa shape index (κ3) is 4.34. The molecule has 1 aromatic heterocycles. The van der Waals surface area contributed by atoms with E-state index in [1.54, 1.807) is 30.7 Å². The smallest absolute Gasteiger partial charge is 0.338 e. The number of nitrogens with zero attached hydrogens (tertiary/aromatic N) is 2. The fraction of sp³-hybridized carbons (Fsp3) is 0.240. The van der Waals surface area contributed by atoms with Gasteiger partial charge in [0.15, 0.2) is 4.80 Å². The molecule has 0 bridgehead atoms. The highest BCUT2D eigenvalue weighted by Crippen LogP contribution is 2.31. The summed E-state index contributed by atoms with van der Waals surface area (Å²) in [5.41, 5.74) is 2.27. The Labute approximate surface area is 194 Å². The number of fused-ring (bicyclic) bond motifs is 1. The van der Waals surface area contributed by atoms with Crippen molar-refractivity contribution in [3.63, 3.8) is 0 Å². The van der Waals surface area contributed by atoms with Gasteiger partial charge in [-0.1, -0.05) is 35.6 Å². The van der Waals surface area contributed by atoms with Crippen molar-refractivity contribution in [2.24, 2.45) is 4.99 Å². The first-order valence-electron chi connectivity index (χ1n) is 10.4. The first kappa shape index (κ1) is 22.5. The van der Waals surface area contributed by atoms with Gasteiger partial charge in [0.05, 0.1) is 42.7 Å². The SMILES string of the molecule is CCOc1ccc(/C=c2/sc3n(c2=O)C(c2ccc(OC)cc2)C(C(=O)OC)=C(C)N=3)cc1. The third-order valence-electron chi connectivity index (χ3n) is 5.35. The minimum absolute atomic E-state index is 0.220. The van der Waals surface area contributed by atoms with Gasteiger partial charge < -0.3 is 14.2 Å². The van der Waals surface area contributed by atoms with Gasteiger partial charge in [-0.3, -0.25) is 9.36 Å². The zero-order valence-electron chi connectivity index (χ0n) is 18.8. The number of carbonyl (C=O) groups excluding carboxylic acids is 1. The Morgan fingerprint density at radius 3 is 2.36 bits per heavy atom. The summed E-state index contributed by atoms with van der Waals surface area (Å²) in [5.74, 6) is 0.939. The first-order chi connectivity index (χ1) is 16.0. The highest BCUT2D eigenvalue weighted by atomic mass is 32.1. The number of methoxy groups -OCH3 is 2. The van der Waals surface area contributed by atoms with Crippen LogP contribution < -0.4 is 24.4 Å². The lowest BCUT2D eigenvalue weighted by molar-refractivity contribution is -0.136. The third-order valence-corrected chi connectivity index (χ3v) is 6.33. The number of allylic oxidation sites excluding steroid dienone is 1. The van der Waals surface area contributed by atoms with Crippen molar-refractivity contribution < 1.29 is 19.0 Å². The average molecular weight is 465 g/mol. The Balaban J connectivity index is 1.88. The summed E-state index contributed by atoms with van der Waals surface area (Å²) in [6.07, 6.45) is 1.82. The van der Waals surface area contributed by atoms with Crippen molar-refractivity contribution in [2.75, 3.05) is 20.8 Å². The zero-order valence-corrected chi connectivity index (χ0v) is 19.6. The van der Waals surface area contributed by atoms with E-state index in [1.807, 2.05) is 49.4 Å². The second kappa shape index (κ2) is 9.46. The van der Waals surface area contributed by atoms with E-state index in [4.69, 9.17) is 14.2 Å². The van der Waals surface area contributed by atoms with Crippen molar-refractivity contribution in [1.29, 1.82) is 0 Å². The summed E-state index contributed by atoms with van der Waals surface area (Å²) in [4.78, 5) is 31.3. The molecule has 0 saturated heterocycles. The molecule has 0 spiro atoms. The lowest BCUT2D eigenvalue weighted by atomic mass is 9.96. The number of benzene rings is 2. The van der Waals surface area contributed by atoms with Crippen molar-refractivity contribution in [3.05, 3.63) is 90.6 Å². The Morgan fingerprint density at radius 2 is 1.76 bits per heavy atom. The van der Waals surface area contributed by atoms with Gasteiger partial charge >= 0.3 is 5.97 Å². The number of hydrogen-bond donors (Lipinski definition) is 0. The van der Waals surface area contributed by atoms with Gasteiger partial charge in [0.25, 0.3) is 5.56 Å². The molecule has 0 aliphatic carbocycles. The summed E-state index contributed by atoms with van der Waals surface area (Å²) in [7, 11) is 2.91. The molecular formula is C25H24N2O5S. The molecule has 0 saturated carbocycles. The maximum Gasteiger partial charge on any atom is 0.338 e. The summed E-state index contributed by atoms with van der Waals surface area (Å²) < 4.78 is 17.9. The van der Waals surface area contributed by atoms with Gasteiger partial charge in [-0.15, -0.1) is 0 Å². The molecule has 33 heavy (non-hydrogen) atoms. The van der Waals surface area contributed by atoms with Crippen LogP contribution in [0.5, 0.6) is 11.5 Å². The molecule has 0 N–H and O–H groups in total. The van der Waals surface area contributed by atoms with Gasteiger partial charge in [0, 0.05) is 0 Å². The molecule has 1 aliphatic heterocycles. The fourth-order valence-corrected chi connectivity index (χ4v) is 4.82. The molecule has 7 nitrogen and oxygen atoms in total. The molecule has 0 radical (unpaired) electrons. The highest BCUT2D eigenvalue weighted by Gasteiger charge is 2.33. The minimum atomic E-state index is -0.651. The van der Waals surface area contributed by atoms with E-state index in [0.717, 1.165) is 16.9 Å². The van der Waals surface area contributed by atoms with E-state index in [1.165, 1.54) is 18.4 Å². The standard InChI is InChI=1S/C25H24N2O5S/c1-5-32-19-10-6-16(7-11-19)14-20-23(28)27-22(17-8-12-18(30-3)13-9-17)21(24(29)31-4)15(2)26-25(27)33-20/h6-14,22H,5H2,1-4H3/b20-14+. The molecule has 3 aromatic rings. The molecule has 4 rings (SSSR count). The van der Waals surface area contributed by atoms with Gasteiger partial charge in [0.2, 0.25) is 0 Å². The van der Waals surface area contributed by atoms with E-state index in [-0.39, 0.29) is 5.56 Å². The van der Waals surface area contributed by atoms with E-state index in [2.05, 4.69) is 4.99 Å². The van der Waals surface area contributed by atoms with Crippen LogP contribution in [0, 0.1) is 0 Å². The second-order valence-electron chi connectivity index (χ2n) is 7.35. The summed E-state index contributed by atoms with van der Waals surface area (Å²) >= 11 is 1.29. The van der Waals surface area contributed by atoms with Crippen LogP contribution in [0.15, 0.2) is 69.6 Å². The van der Waals surface area contributed by atoms with Crippen LogP contribution >= 0.6 is 11.3 Å². The van der Waals surface area contributed by atoms with Crippen LogP contribution in [0.3, 0.4) is 0 Å². The fourth-order valence-electron chi connectivity index (χ4n) is 3.77. The van der Waals surface area contributed by atoms with E-state index < -0.39 is 12.0 Å². The number of aromatic nitrogens is 1. The molecule has 1 unspecified atom stereocenters. The van der Waals surface area contributed by atoms with E-state index in [0.29, 0.717) is 33.0 Å². The molecular weight excluding hydrogens is 440 g/mol. The maximum atomic E-state index is 13.5. The second-order valence-corrected chi connectivity index (χ2v) is 8.36. The summed E-state index contributed by atoms with van der Waals surface area (Å²) in [6.45, 7) is 4.27. The van der Waals surface area contributed by atoms with Crippen LogP contribution in [-0.4, -0.2) is 31.4 Å². The van der Waals surface area contributed by atoms with Crippen molar-refractivity contribution >= 4 is 23.4 Å². The number of esters is 1. The number of ether oxygens (including phenoxy) is 3. The number of rotatable bonds is 6. The minimum Gasteiger partial charge on any atom is -0.497 e. The normalized spacial score (nSPS) is 15.6. The Morgan fingerprint density at radius 1 is 1.09 bits per heavy atom. The molecule has 8 heteroatoms. The molecule has 1 aliphatic rings. The van der Waals surface area contributed by atoms with E-state index >= 15 is 0 Å². The van der Waals surface area contributed by atoms with Crippen LogP contribution in [0.1, 0.15) is 31.0 Å². The molecule has 2 heterocycles. The number of hydrogen-bond acceptors (Lipinski definition) is 7. The molecule has 2 aromatic carbocycles. The van der Waals surface area contributed by atoms with Crippen molar-refractivity contribution in [1.82, 2.24) is 4.57 Å². The molecule has 0 amide bonds. The number of carbonyl (C=O) groups is 1. The lowest BCUT2D eigenvalue weighted by Crippen LogP contribution is -2.39. The summed E-state index contributed by atoms with van der Waals surface area (Å²) in [6, 6.07) is 14.2. The van der Waals surface area contributed by atoms with Crippen LogP contribution in [0.4, 0.5) is 0 Å². The van der Waals surface area contributed by atoms with Crippen LogP contribution in [0.25, 0.3) is 6.08 Å². The van der Waals surface area contributed by atoms with Gasteiger partial charge in [-0.05, 0) is 55.3 Å². The van der Waals surface area contributed by atoms with Crippen molar-refractivity contribution in [3.8, 4) is 11.5 Å². The summed E-state index contributed by atoms with van der Waals surface area (Å²) in [5, 5.41) is 0. The maximum absolute atomic E-state index is 13.5. The predicted molar refractivity (Wildman–Crippen MR) is 126 cm³/mol. The topological polar surface area (TPSA) is 79.1 Å². The van der Waals surface area contributed by atoms with Crippen LogP contribution in [-0.2, 0) is 9.53 Å². The Bertz CT molecular complexity index is 1380. The quantitative estimate of drug-likeness (QED) is 0.524. The van der Waals surface area contributed by atoms with Crippen LogP contribution in [0.2, 0.25) is 0 Å². The first-order valence-corrected chi connectivity index (χ1v) is 11.3. The Hall–Kier alpha value is -3.65. The molecule has 1 atom stereocenters. The number of thiazole rings is 1. The van der Waals surface area contributed by atoms with Gasteiger partial charge in [0.1, 0.15) is 11.5 Å². The largest absolute Gasteiger partial charge is 0.497 e. The Kier molecular flexibility index (Phi) is 6.46. The van der Waals surface area contributed by atoms with Gasteiger partial charge in [-0.2, -0.15) is 0 Å². The predicted octanol–water partition coefficient (Wildman–Crippen LogP) is 2.82. The molecule has 170 valence electrons.